The normalized spacial score (nSPS) is 14.4. The summed E-state index contributed by atoms with van der Waals surface area (Å²) in [5, 5.41) is 2.38. The van der Waals surface area contributed by atoms with E-state index in [-0.39, 0.29) is 5.41 Å². The lowest BCUT2D eigenvalue weighted by molar-refractivity contribution is 0.437. The van der Waals surface area contributed by atoms with Gasteiger partial charge in [0.25, 0.3) is 0 Å². The molecule has 0 radical (unpaired) electrons. The summed E-state index contributed by atoms with van der Waals surface area (Å²) < 4.78 is 6.90. The van der Waals surface area contributed by atoms with Crippen molar-refractivity contribution in [2.24, 2.45) is 0 Å². The highest BCUT2D eigenvalue weighted by molar-refractivity contribution is 5.93. The molecule has 1 aliphatic heterocycles. The van der Waals surface area contributed by atoms with Gasteiger partial charge in [-0.2, -0.15) is 0 Å². The second kappa shape index (κ2) is 12.2. The first kappa shape index (κ1) is 33.0. The SMILES string of the molecule is CC1(C)c2ccccc2-c2ccc(N(c3ccccc3)c3ccc(-c4ccc5c(c4)C4(c6cc7ccccc7cc6O5)c5ccccc5-c5ccccc54)cc3)cc21. The summed E-state index contributed by atoms with van der Waals surface area (Å²) in [6, 6.07) is 73.5. The number of fused-ring (bicyclic) bond motifs is 13. The molecule has 12 rings (SSSR count). The van der Waals surface area contributed by atoms with Crippen LogP contribution in [0.5, 0.6) is 11.5 Å². The number of para-hydroxylation sites is 1. The molecule has 1 spiro atoms. The zero-order chi connectivity index (χ0) is 38.6. The van der Waals surface area contributed by atoms with Crippen LogP contribution in [0.3, 0.4) is 0 Å². The standard InChI is InChI=1S/C56H39NO/c1-55(2)47-21-11-8-18-43(47)46-30-29-42(35-50(46)55)57(40-16-4-3-5-17-40)41-27-24-36(25-28-41)39-26-31-53-51(33-39)56(52-32-37-14-6-7-15-38(37)34-54(52)58-53)48-22-12-9-19-44(48)45-20-10-13-23-49(45)56/h3-35H,1-2H3. The zero-order valence-corrected chi connectivity index (χ0v) is 32.4. The van der Waals surface area contributed by atoms with Crippen molar-refractivity contribution in [3.05, 3.63) is 234 Å². The molecule has 0 N–H and O–H groups in total. The molecule has 3 aliphatic rings. The van der Waals surface area contributed by atoms with Crippen molar-refractivity contribution >= 4 is 27.8 Å². The van der Waals surface area contributed by atoms with Crippen LogP contribution >= 0.6 is 0 Å². The van der Waals surface area contributed by atoms with E-state index in [1.807, 2.05) is 0 Å². The molecule has 2 heteroatoms. The van der Waals surface area contributed by atoms with Crippen LogP contribution in [-0.4, -0.2) is 0 Å². The molecule has 0 unspecified atom stereocenters. The molecule has 0 amide bonds. The molecule has 0 saturated heterocycles. The number of rotatable bonds is 4. The highest BCUT2D eigenvalue weighted by atomic mass is 16.5. The van der Waals surface area contributed by atoms with Gasteiger partial charge in [-0.25, -0.2) is 0 Å². The topological polar surface area (TPSA) is 12.5 Å². The van der Waals surface area contributed by atoms with Crippen molar-refractivity contribution < 1.29 is 4.74 Å². The molecule has 2 aliphatic carbocycles. The highest BCUT2D eigenvalue weighted by Crippen LogP contribution is 2.63. The Hall–Kier alpha value is -7.16. The van der Waals surface area contributed by atoms with Crippen molar-refractivity contribution in [2.75, 3.05) is 4.90 Å². The van der Waals surface area contributed by atoms with E-state index in [1.54, 1.807) is 0 Å². The second-order valence-electron chi connectivity index (χ2n) is 16.5. The molecular weight excluding hydrogens is 703 g/mol. The fraction of sp³-hybridized carbons (Fsp3) is 0.0714. The molecule has 274 valence electrons. The lowest BCUT2D eigenvalue weighted by Crippen LogP contribution is -2.32. The third-order valence-electron chi connectivity index (χ3n) is 13.1. The molecule has 0 saturated carbocycles. The molecule has 0 atom stereocenters. The van der Waals surface area contributed by atoms with Gasteiger partial charge < -0.3 is 9.64 Å². The molecule has 0 bridgehead atoms. The summed E-state index contributed by atoms with van der Waals surface area (Å²) in [5.41, 5.74) is 18.0. The Labute approximate surface area is 339 Å². The van der Waals surface area contributed by atoms with E-state index in [0.29, 0.717) is 0 Å². The van der Waals surface area contributed by atoms with Gasteiger partial charge in [-0.15, -0.1) is 0 Å². The number of ether oxygens (including phenoxy) is 1. The smallest absolute Gasteiger partial charge is 0.132 e. The van der Waals surface area contributed by atoms with Crippen molar-refractivity contribution in [3.63, 3.8) is 0 Å². The predicted molar refractivity (Wildman–Crippen MR) is 239 cm³/mol. The summed E-state index contributed by atoms with van der Waals surface area (Å²) in [4.78, 5) is 2.38. The number of hydrogen-bond acceptors (Lipinski definition) is 2. The largest absolute Gasteiger partial charge is 0.457 e. The monoisotopic (exact) mass is 741 g/mol. The van der Waals surface area contributed by atoms with Gasteiger partial charge in [0.05, 0.1) is 5.41 Å². The summed E-state index contributed by atoms with van der Waals surface area (Å²) in [5.74, 6) is 1.81. The number of anilines is 3. The minimum absolute atomic E-state index is 0.0877. The molecule has 0 fully saturated rings. The van der Waals surface area contributed by atoms with Gasteiger partial charge in [-0.1, -0.05) is 153 Å². The van der Waals surface area contributed by atoms with Crippen LogP contribution in [0.15, 0.2) is 200 Å². The second-order valence-corrected chi connectivity index (χ2v) is 16.5. The van der Waals surface area contributed by atoms with Crippen LogP contribution in [0.1, 0.15) is 47.2 Å². The minimum atomic E-state index is -0.540. The Kier molecular flexibility index (Phi) is 6.93. The molecular formula is C56H39NO. The zero-order valence-electron chi connectivity index (χ0n) is 32.4. The van der Waals surface area contributed by atoms with E-state index in [0.717, 1.165) is 39.7 Å². The molecule has 9 aromatic rings. The van der Waals surface area contributed by atoms with Crippen molar-refractivity contribution in [1.29, 1.82) is 0 Å². The third-order valence-corrected chi connectivity index (χ3v) is 13.1. The average molecular weight is 742 g/mol. The van der Waals surface area contributed by atoms with Gasteiger partial charge in [-0.05, 0) is 127 Å². The molecule has 9 aromatic carbocycles. The summed E-state index contributed by atoms with van der Waals surface area (Å²) >= 11 is 0. The van der Waals surface area contributed by atoms with E-state index in [1.165, 1.54) is 66.4 Å². The predicted octanol–water partition coefficient (Wildman–Crippen LogP) is 14.8. The van der Waals surface area contributed by atoms with Crippen molar-refractivity contribution in [3.8, 4) is 44.9 Å². The molecule has 2 nitrogen and oxygen atoms in total. The maximum Gasteiger partial charge on any atom is 0.132 e. The van der Waals surface area contributed by atoms with Gasteiger partial charge in [0, 0.05) is 33.6 Å². The first-order valence-corrected chi connectivity index (χ1v) is 20.3. The highest BCUT2D eigenvalue weighted by Gasteiger charge is 2.51. The Bertz CT molecular complexity index is 3080. The van der Waals surface area contributed by atoms with Crippen LogP contribution in [0, 0.1) is 0 Å². The first-order chi connectivity index (χ1) is 28.5. The van der Waals surface area contributed by atoms with E-state index >= 15 is 0 Å². The van der Waals surface area contributed by atoms with Crippen LogP contribution in [0.2, 0.25) is 0 Å². The maximum absolute atomic E-state index is 6.90. The summed E-state index contributed by atoms with van der Waals surface area (Å²) in [6.07, 6.45) is 0. The summed E-state index contributed by atoms with van der Waals surface area (Å²) in [7, 11) is 0. The van der Waals surface area contributed by atoms with Crippen LogP contribution in [0.25, 0.3) is 44.2 Å². The molecule has 1 heterocycles. The lowest BCUT2D eigenvalue weighted by atomic mass is 9.65. The van der Waals surface area contributed by atoms with Crippen LogP contribution < -0.4 is 9.64 Å². The fourth-order valence-corrected chi connectivity index (χ4v) is 10.4. The minimum Gasteiger partial charge on any atom is -0.457 e. The fourth-order valence-electron chi connectivity index (χ4n) is 10.4. The maximum atomic E-state index is 6.90. The van der Waals surface area contributed by atoms with Crippen LogP contribution in [0.4, 0.5) is 17.1 Å². The molecule has 58 heavy (non-hydrogen) atoms. The van der Waals surface area contributed by atoms with Gasteiger partial charge >= 0.3 is 0 Å². The first-order valence-electron chi connectivity index (χ1n) is 20.3. The Morgan fingerprint density at radius 3 is 1.57 bits per heavy atom. The van der Waals surface area contributed by atoms with Crippen molar-refractivity contribution in [2.45, 2.75) is 24.7 Å². The summed E-state index contributed by atoms with van der Waals surface area (Å²) in [6.45, 7) is 4.70. The number of nitrogens with zero attached hydrogens (tertiary/aromatic N) is 1. The van der Waals surface area contributed by atoms with Gasteiger partial charge in [0.1, 0.15) is 11.5 Å². The average Bonchev–Trinajstić information content (AvgIpc) is 3.69. The quantitative estimate of drug-likeness (QED) is 0.178. The number of benzene rings is 9. The van der Waals surface area contributed by atoms with Gasteiger partial charge in [0.2, 0.25) is 0 Å². The Morgan fingerprint density at radius 1 is 0.345 bits per heavy atom. The third kappa shape index (κ3) is 4.54. The molecule has 0 aromatic heterocycles. The lowest BCUT2D eigenvalue weighted by Gasteiger charge is -2.40. The van der Waals surface area contributed by atoms with Gasteiger partial charge in [0.15, 0.2) is 0 Å². The van der Waals surface area contributed by atoms with E-state index in [9.17, 15) is 0 Å². The van der Waals surface area contributed by atoms with E-state index in [2.05, 4.69) is 219 Å². The van der Waals surface area contributed by atoms with E-state index in [4.69, 9.17) is 4.74 Å². The van der Waals surface area contributed by atoms with Crippen molar-refractivity contribution in [1.82, 2.24) is 0 Å². The van der Waals surface area contributed by atoms with Crippen LogP contribution in [-0.2, 0) is 10.8 Å². The van der Waals surface area contributed by atoms with Gasteiger partial charge in [-0.3, -0.25) is 0 Å². The Morgan fingerprint density at radius 2 is 0.862 bits per heavy atom. The number of hydrogen-bond donors (Lipinski definition) is 0. The van der Waals surface area contributed by atoms with E-state index < -0.39 is 5.41 Å². The Balaban J connectivity index is 1.00.